The molecule has 1 aromatic heterocycles. The van der Waals surface area contributed by atoms with Gasteiger partial charge in [-0.15, -0.1) is 0 Å². The van der Waals surface area contributed by atoms with Crippen LogP contribution in [0.25, 0.3) is 5.70 Å². The number of anilines is 1. The Labute approximate surface area is 258 Å². The van der Waals surface area contributed by atoms with Gasteiger partial charge in [-0.05, 0) is 83.5 Å². The second-order valence-electron chi connectivity index (χ2n) is 10.7. The number of aromatic nitrogens is 2. The van der Waals surface area contributed by atoms with E-state index in [0.29, 0.717) is 4.90 Å². The Morgan fingerprint density at radius 3 is 2.05 bits per heavy atom. The highest BCUT2D eigenvalue weighted by Crippen LogP contribution is 2.32. The van der Waals surface area contributed by atoms with Crippen molar-refractivity contribution in [3.05, 3.63) is 83.1 Å². The second-order valence-corrected chi connectivity index (χ2v) is 13.2. The van der Waals surface area contributed by atoms with E-state index in [1.807, 2.05) is 24.7 Å². The average Bonchev–Trinajstić information content (AvgIpc) is 3.36. The molecule has 3 aromatic rings. The Hall–Kier alpha value is -3.00. The summed E-state index contributed by atoms with van der Waals surface area (Å²) in [5.74, 6) is 5.48. The van der Waals surface area contributed by atoms with Crippen LogP contribution < -0.4 is 5.32 Å². The standard InChI is InChI=1S/C15H17N3.C9H9F3OS.C9H20.C2H6/c1-10-6-4-5-7-13(10)14-8-12(3)18-15(17-14)11(2)9-16-18;1-14(2,13)8-5-3-7(4-6-8)9(10,11)12;1-4-7-8-9(5-2)6-3;1-2/h4-9,14,17H,1-3H3;3-6H,1H2,2H3;9H,4-8H2,1-3H3;1-2H3. The summed E-state index contributed by atoms with van der Waals surface area (Å²) in [5.41, 5.74) is 4.24. The summed E-state index contributed by atoms with van der Waals surface area (Å²) in [4.78, 5) is 0.325. The van der Waals surface area contributed by atoms with Gasteiger partial charge in [0.15, 0.2) is 0 Å². The summed E-state index contributed by atoms with van der Waals surface area (Å²) in [6.07, 6.45) is 8.13. The number of allylic oxidation sites excluding steroid dienone is 1. The summed E-state index contributed by atoms with van der Waals surface area (Å²) in [7, 11) is -2.43. The van der Waals surface area contributed by atoms with E-state index in [2.05, 4.69) is 88.2 Å². The first-order valence-electron chi connectivity index (χ1n) is 15.3. The Morgan fingerprint density at radius 2 is 1.56 bits per heavy atom. The molecule has 0 spiro atoms. The van der Waals surface area contributed by atoms with Crippen LogP contribution in [0, 0.1) is 19.8 Å². The number of rotatable bonds is 7. The van der Waals surface area contributed by atoms with Crippen molar-refractivity contribution in [2.45, 2.75) is 105 Å². The lowest BCUT2D eigenvalue weighted by Gasteiger charge is -2.25. The lowest BCUT2D eigenvalue weighted by Crippen LogP contribution is -2.19. The maximum absolute atomic E-state index is 12.1. The van der Waals surface area contributed by atoms with E-state index < -0.39 is 21.3 Å². The van der Waals surface area contributed by atoms with Crippen LogP contribution in [0.5, 0.6) is 0 Å². The fourth-order valence-corrected chi connectivity index (χ4v) is 5.31. The number of hydrogen-bond acceptors (Lipinski definition) is 3. The van der Waals surface area contributed by atoms with Gasteiger partial charge in [0.1, 0.15) is 5.82 Å². The van der Waals surface area contributed by atoms with E-state index in [1.54, 1.807) is 0 Å². The highest BCUT2D eigenvalue weighted by atomic mass is 32.2. The molecule has 1 aliphatic rings. The average molecular weight is 620 g/mol. The Balaban J connectivity index is 0.000000332. The first-order valence-corrected chi connectivity index (χ1v) is 17.4. The molecule has 43 heavy (non-hydrogen) atoms. The maximum Gasteiger partial charge on any atom is 0.416 e. The number of aryl methyl sites for hydroxylation is 2. The van der Waals surface area contributed by atoms with E-state index in [9.17, 15) is 17.4 Å². The zero-order chi connectivity index (χ0) is 32.8. The topological polar surface area (TPSA) is 46.9 Å². The van der Waals surface area contributed by atoms with Crippen molar-refractivity contribution >= 4 is 26.9 Å². The van der Waals surface area contributed by atoms with Gasteiger partial charge in [-0.25, -0.2) is 4.68 Å². The lowest BCUT2D eigenvalue weighted by atomic mass is 9.97. The van der Waals surface area contributed by atoms with Gasteiger partial charge in [0, 0.05) is 22.4 Å². The maximum atomic E-state index is 12.1. The molecule has 0 amide bonds. The van der Waals surface area contributed by atoms with Gasteiger partial charge in [0.05, 0.1) is 17.8 Å². The molecule has 8 heteroatoms. The van der Waals surface area contributed by atoms with E-state index in [0.717, 1.165) is 23.9 Å². The fourth-order valence-electron chi connectivity index (χ4n) is 4.60. The molecule has 4 nitrogen and oxygen atoms in total. The quantitative estimate of drug-likeness (QED) is 0.268. The molecule has 2 heterocycles. The molecule has 0 saturated carbocycles. The van der Waals surface area contributed by atoms with E-state index in [4.69, 9.17) is 0 Å². The molecule has 0 fully saturated rings. The van der Waals surface area contributed by atoms with Gasteiger partial charge in [-0.3, -0.25) is 4.21 Å². The third-order valence-electron chi connectivity index (χ3n) is 7.31. The predicted octanol–water partition coefficient (Wildman–Crippen LogP) is 10.6. The van der Waals surface area contributed by atoms with Crippen molar-refractivity contribution in [3.63, 3.8) is 0 Å². The monoisotopic (exact) mass is 619 g/mol. The van der Waals surface area contributed by atoms with Crippen molar-refractivity contribution in [1.82, 2.24) is 9.78 Å². The third kappa shape index (κ3) is 11.9. The fraction of sp³-hybridized carbons (Fsp3) is 0.486. The molecule has 2 unspecified atom stereocenters. The highest BCUT2D eigenvalue weighted by Gasteiger charge is 2.30. The normalized spacial score (nSPS) is 15.2. The number of halogens is 3. The molecule has 2 atom stereocenters. The van der Waals surface area contributed by atoms with Gasteiger partial charge in [0.25, 0.3) is 0 Å². The highest BCUT2D eigenvalue weighted by molar-refractivity contribution is 7.99. The van der Waals surface area contributed by atoms with Gasteiger partial charge in [0.2, 0.25) is 0 Å². The Bertz CT molecular complexity index is 1370. The summed E-state index contributed by atoms with van der Waals surface area (Å²) in [5, 5.41) is 7.93. The van der Waals surface area contributed by atoms with E-state index in [1.165, 1.54) is 72.9 Å². The molecule has 0 aliphatic carbocycles. The molecule has 0 saturated heterocycles. The summed E-state index contributed by atoms with van der Waals surface area (Å²) in [6.45, 7) is 17.2. The van der Waals surface area contributed by atoms with Gasteiger partial charge in [-0.2, -0.15) is 18.3 Å². The molecule has 1 aliphatic heterocycles. The number of unbranched alkanes of at least 4 members (excludes halogenated alkanes) is 1. The van der Waals surface area contributed by atoms with Crippen molar-refractivity contribution in [2.24, 2.45) is 5.92 Å². The minimum atomic E-state index is -4.35. The van der Waals surface area contributed by atoms with Crippen molar-refractivity contribution in [2.75, 3.05) is 11.6 Å². The van der Waals surface area contributed by atoms with Crippen LogP contribution in [0.15, 0.2) is 65.7 Å². The van der Waals surface area contributed by atoms with Crippen molar-refractivity contribution < 1.29 is 17.4 Å². The molecule has 1 N–H and O–H groups in total. The van der Waals surface area contributed by atoms with Crippen molar-refractivity contribution in [3.8, 4) is 0 Å². The van der Waals surface area contributed by atoms with E-state index >= 15 is 0 Å². The van der Waals surface area contributed by atoms with Crippen LogP contribution in [0.3, 0.4) is 0 Å². The minimum absolute atomic E-state index is 0.231. The van der Waals surface area contributed by atoms with Crippen LogP contribution in [-0.2, 0) is 15.7 Å². The number of nitrogens with one attached hydrogen (secondary N) is 1. The minimum Gasteiger partial charge on any atom is -0.359 e. The summed E-state index contributed by atoms with van der Waals surface area (Å²) in [6, 6.07) is 12.9. The van der Waals surface area contributed by atoms with Gasteiger partial charge in [-0.1, -0.05) is 91.0 Å². The number of hydrogen-bond donors (Lipinski definition) is 1. The van der Waals surface area contributed by atoms with Crippen LogP contribution in [0.2, 0.25) is 0 Å². The van der Waals surface area contributed by atoms with Gasteiger partial charge < -0.3 is 5.32 Å². The largest absolute Gasteiger partial charge is 0.416 e. The van der Waals surface area contributed by atoms with Crippen LogP contribution in [-0.4, -0.2) is 26.1 Å². The first-order chi connectivity index (χ1) is 20.2. The zero-order valence-corrected chi connectivity index (χ0v) is 28.3. The molecule has 2 aromatic carbocycles. The lowest BCUT2D eigenvalue weighted by molar-refractivity contribution is -0.137. The molecule has 4 rings (SSSR count). The van der Waals surface area contributed by atoms with Crippen molar-refractivity contribution in [1.29, 1.82) is 0 Å². The van der Waals surface area contributed by atoms with Crippen LogP contribution in [0.4, 0.5) is 19.0 Å². The zero-order valence-electron chi connectivity index (χ0n) is 27.5. The van der Waals surface area contributed by atoms with Crippen LogP contribution in [0.1, 0.15) is 102 Å². The summed E-state index contributed by atoms with van der Waals surface area (Å²) >= 11 is 0. The molecule has 240 valence electrons. The van der Waals surface area contributed by atoms with Crippen LogP contribution >= 0.6 is 0 Å². The number of fused-ring (bicyclic) bond motifs is 1. The first kappa shape index (κ1) is 38.0. The smallest absolute Gasteiger partial charge is 0.359 e. The van der Waals surface area contributed by atoms with Gasteiger partial charge >= 0.3 is 6.18 Å². The molecular weight excluding hydrogens is 567 g/mol. The number of nitrogens with zero attached hydrogens (tertiary/aromatic N) is 2. The Morgan fingerprint density at radius 1 is 0.977 bits per heavy atom. The SMILES string of the molecule is C=S(C)(=O)c1ccc(C(F)(F)F)cc1.CC.CC1=CC(c2ccccc2C)Nc2c(C)cnn21.CCCCC(CC)CC. The molecule has 0 radical (unpaired) electrons. The molecular formula is C35H52F3N3OS. The molecule has 0 bridgehead atoms. The number of benzene rings is 2. The summed E-state index contributed by atoms with van der Waals surface area (Å²) < 4.78 is 49.7. The number of alkyl halides is 3. The second kappa shape index (κ2) is 18.0. The van der Waals surface area contributed by atoms with E-state index in [-0.39, 0.29) is 6.04 Å². The Kier molecular flexibility index (Phi) is 15.9. The third-order valence-corrected chi connectivity index (χ3v) is 8.58. The predicted molar refractivity (Wildman–Crippen MR) is 180 cm³/mol.